The average Bonchev–Trinajstić information content (AvgIpc) is 2.37. The molecule has 0 bridgehead atoms. The summed E-state index contributed by atoms with van der Waals surface area (Å²) in [6.07, 6.45) is 3.20. The maximum Gasteiger partial charge on any atom is 0.316 e. The predicted molar refractivity (Wildman–Crippen MR) is 30.6 cm³/mol. The molecule has 0 saturated carbocycles. The highest BCUT2D eigenvalue weighted by atomic mass is 16.5. The number of carbonyl (C=O) groups excluding carboxylic acids is 1. The Hall–Kier alpha value is -0.990. The van der Waals surface area contributed by atoms with Crippen molar-refractivity contribution < 1.29 is 14.3 Å². The molecule has 1 atom stereocenters. The minimum atomic E-state index is -0.233. The normalized spacial score (nSPS) is 23.4. The standard InChI is InChI=1S/C6H8O3/c1-8-6(7)5-2-3-9-4-5/h2-3,5H,4H2,1H3. The van der Waals surface area contributed by atoms with E-state index in [0.29, 0.717) is 6.61 Å². The zero-order valence-electron chi connectivity index (χ0n) is 5.16. The molecule has 50 valence electrons. The largest absolute Gasteiger partial charge is 0.500 e. The van der Waals surface area contributed by atoms with Gasteiger partial charge in [0.1, 0.15) is 12.5 Å². The molecule has 0 aromatic carbocycles. The molecule has 0 spiro atoms. The fraction of sp³-hybridized carbons (Fsp3) is 0.500. The van der Waals surface area contributed by atoms with Crippen LogP contribution in [0, 0.1) is 5.92 Å². The zero-order valence-corrected chi connectivity index (χ0v) is 5.16. The third kappa shape index (κ3) is 1.22. The van der Waals surface area contributed by atoms with Crippen LogP contribution in [0.5, 0.6) is 0 Å². The Morgan fingerprint density at radius 2 is 2.67 bits per heavy atom. The molecule has 3 heteroatoms. The van der Waals surface area contributed by atoms with Crippen LogP contribution < -0.4 is 0 Å². The summed E-state index contributed by atoms with van der Waals surface area (Å²) in [5, 5.41) is 0. The van der Waals surface area contributed by atoms with Gasteiger partial charge >= 0.3 is 5.97 Å². The Labute approximate surface area is 53.3 Å². The van der Waals surface area contributed by atoms with Gasteiger partial charge in [-0.3, -0.25) is 4.79 Å². The highest BCUT2D eigenvalue weighted by molar-refractivity contribution is 5.74. The SMILES string of the molecule is COC(=O)C1C=COC1. The van der Waals surface area contributed by atoms with Gasteiger partial charge in [-0.25, -0.2) is 0 Å². The Kier molecular flexibility index (Phi) is 1.72. The number of carbonyl (C=O) groups is 1. The van der Waals surface area contributed by atoms with Crippen molar-refractivity contribution in [3.8, 4) is 0 Å². The molecule has 1 heterocycles. The van der Waals surface area contributed by atoms with Crippen molar-refractivity contribution in [3.63, 3.8) is 0 Å². The maximum atomic E-state index is 10.7. The molecule has 0 fully saturated rings. The fourth-order valence-electron chi connectivity index (χ4n) is 0.663. The van der Waals surface area contributed by atoms with E-state index in [-0.39, 0.29) is 11.9 Å². The molecule has 0 aliphatic carbocycles. The number of methoxy groups -OCH3 is 1. The molecule has 1 aliphatic heterocycles. The van der Waals surface area contributed by atoms with E-state index in [1.807, 2.05) is 0 Å². The molecule has 1 aliphatic rings. The summed E-state index contributed by atoms with van der Waals surface area (Å²) in [6, 6.07) is 0. The van der Waals surface area contributed by atoms with E-state index in [9.17, 15) is 4.79 Å². The number of hydrogen-bond donors (Lipinski definition) is 0. The first kappa shape index (κ1) is 6.13. The van der Waals surface area contributed by atoms with Crippen LogP contribution in [0.25, 0.3) is 0 Å². The lowest BCUT2D eigenvalue weighted by molar-refractivity contribution is -0.144. The van der Waals surface area contributed by atoms with Gasteiger partial charge in [0.2, 0.25) is 0 Å². The highest BCUT2D eigenvalue weighted by Gasteiger charge is 2.19. The van der Waals surface area contributed by atoms with Gasteiger partial charge < -0.3 is 9.47 Å². The maximum absolute atomic E-state index is 10.7. The number of rotatable bonds is 1. The second kappa shape index (κ2) is 2.53. The molecule has 3 nitrogen and oxygen atoms in total. The summed E-state index contributed by atoms with van der Waals surface area (Å²) < 4.78 is 9.26. The Bertz CT molecular complexity index is 139. The first-order valence-corrected chi connectivity index (χ1v) is 2.70. The van der Waals surface area contributed by atoms with Crippen molar-refractivity contribution >= 4 is 5.97 Å². The van der Waals surface area contributed by atoms with Crippen LogP contribution in [-0.4, -0.2) is 19.7 Å². The minimum absolute atomic E-state index is 0.185. The van der Waals surface area contributed by atoms with E-state index < -0.39 is 0 Å². The van der Waals surface area contributed by atoms with Crippen LogP contribution in [0.1, 0.15) is 0 Å². The Morgan fingerprint density at radius 3 is 3.11 bits per heavy atom. The molecule has 0 aromatic heterocycles. The van der Waals surface area contributed by atoms with E-state index >= 15 is 0 Å². The average molecular weight is 128 g/mol. The molecule has 1 unspecified atom stereocenters. The van der Waals surface area contributed by atoms with Crippen molar-refractivity contribution in [2.75, 3.05) is 13.7 Å². The van der Waals surface area contributed by atoms with E-state index in [2.05, 4.69) is 4.74 Å². The van der Waals surface area contributed by atoms with Gasteiger partial charge in [0.05, 0.1) is 13.4 Å². The van der Waals surface area contributed by atoms with Crippen LogP contribution in [0.4, 0.5) is 0 Å². The minimum Gasteiger partial charge on any atom is -0.500 e. The Morgan fingerprint density at radius 1 is 1.89 bits per heavy atom. The van der Waals surface area contributed by atoms with Crippen LogP contribution in [0.15, 0.2) is 12.3 Å². The van der Waals surface area contributed by atoms with Crippen LogP contribution in [0.2, 0.25) is 0 Å². The van der Waals surface area contributed by atoms with Gasteiger partial charge in [-0.05, 0) is 6.08 Å². The van der Waals surface area contributed by atoms with Gasteiger partial charge in [0.25, 0.3) is 0 Å². The molecule has 9 heavy (non-hydrogen) atoms. The summed E-state index contributed by atoms with van der Waals surface area (Å²) in [6.45, 7) is 0.423. The Balaban J connectivity index is 2.43. The van der Waals surface area contributed by atoms with E-state index in [1.54, 1.807) is 6.08 Å². The van der Waals surface area contributed by atoms with Crippen molar-refractivity contribution in [1.29, 1.82) is 0 Å². The predicted octanol–water partition coefficient (Wildman–Crippen LogP) is 0.319. The number of esters is 1. The number of ether oxygens (including phenoxy) is 2. The highest BCUT2D eigenvalue weighted by Crippen LogP contribution is 2.08. The van der Waals surface area contributed by atoms with Crippen molar-refractivity contribution in [3.05, 3.63) is 12.3 Å². The topological polar surface area (TPSA) is 35.5 Å². The lowest BCUT2D eigenvalue weighted by Crippen LogP contribution is -2.14. The summed E-state index contributed by atoms with van der Waals surface area (Å²) >= 11 is 0. The van der Waals surface area contributed by atoms with Crippen LogP contribution in [0.3, 0.4) is 0 Å². The molecular formula is C6H8O3. The first-order valence-electron chi connectivity index (χ1n) is 2.70. The lowest BCUT2D eigenvalue weighted by atomic mass is 10.2. The third-order valence-corrected chi connectivity index (χ3v) is 1.19. The second-order valence-corrected chi connectivity index (χ2v) is 1.79. The smallest absolute Gasteiger partial charge is 0.316 e. The van der Waals surface area contributed by atoms with Gasteiger partial charge in [-0.2, -0.15) is 0 Å². The monoisotopic (exact) mass is 128 g/mol. The lowest BCUT2D eigenvalue weighted by Gasteiger charge is -2.01. The zero-order chi connectivity index (χ0) is 6.69. The molecule has 0 aromatic rings. The van der Waals surface area contributed by atoms with Gasteiger partial charge in [-0.1, -0.05) is 0 Å². The van der Waals surface area contributed by atoms with Gasteiger partial charge in [-0.15, -0.1) is 0 Å². The molecule has 1 rings (SSSR count). The van der Waals surface area contributed by atoms with E-state index in [4.69, 9.17) is 4.74 Å². The molecule has 0 saturated heterocycles. The summed E-state index contributed by atoms with van der Waals surface area (Å²) in [4.78, 5) is 10.7. The van der Waals surface area contributed by atoms with Crippen LogP contribution in [-0.2, 0) is 14.3 Å². The fourth-order valence-corrected chi connectivity index (χ4v) is 0.663. The quantitative estimate of drug-likeness (QED) is 0.477. The van der Waals surface area contributed by atoms with Gasteiger partial charge in [0.15, 0.2) is 0 Å². The number of hydrogen-bond acceptors (Lipinski definition) is 3. The van der Waals surface area contributed by atoms with Crippen LogP contribution >= 0.6 is 0 Å². The van der Waals surface area contributed by atoms with E-state index in [0.717, 1.165) is 0 Å². The second-order valence-electron chi connectivity index (χ2n) is 1.79. The first-order chi connectivity index (χ1) is 4.34. The van der Waals surface area contributed by atoms with Gasteiger partial charge in [0, 0.05) is 0 Å². The van der Waals surface area contributed by atoms with Crippen molar-refractivity contribution in [1.82, 2.24) is 0 Å². The van der Waals surface area contributed by atoms with Crippen molar-refractivity contribution in [2.45, 2.75) is 0 Å². The summed E-state index contributed by atoms with van der Waals surface area (Å²) in [5.74, 6) is -0.418. The van der Waals surface area contributed by atoms with E-state index in [1.165, 1.54) is 13.4 Å². The third-order valence-electron chi connectivity index (χ3n) is 1.19. The molecule has 0 amide bonds. The molecular weight excluding hydrogens is 120 g/mol. The van der Waals surface area contributed by atoms with Crippen molar-refractivity contribution in [2.24, 2.45) is 5.92 Å². The molecule has 0 N–H and O–H groups in total. The molecule has 0 radical (unpaired) electrons. The summed E-state index contributed by atoms with van der Waals surface area (Å²) in [7, 11) is 1.37. The summed E-state index contributed by atoms with van der Waals surface area (Å²) in [5.41, 5.74) is 0.